The first-order chi connectivity index (χ1) is 12.8. The minimum Gasteiger partial charge on any atom is -0.394 e. The van der Waals surface area contributed by atoms with Crippen LogP contribution in [0.15, 0.2) is 0 Å². The van der Waals surface area contributed by atoms with Crippen LogP contribution in [0.5, 0.6) is 0 Å². The van der Waals surface area contributed by atoms with Gasteiger partial charge >= 0.3 is 0 Å². The summed E-state index contributed by atoms with van der Waals surface area (Å²) in [6, 6.07) is 0.130. The standard InChI is InChI=1S/C17H28N6O3/c24-11-13-3-1-5-22(13)16-18-15(21-7-9-26-10-8-21)19-17(20-16)23-6-2-4-14(23)12-25/h13-14,24-25H,1-12H2. The van der Waals surface area contributed by atoms with Gasteiger partial charge in [-0.25, -0.2) is 0 Å². The SMILES string of the molecule is OCC1CCCN1c1nc(N2CCOCC2)nc(N2CCCC2CO)n1. The molecule has 0 aromatic carbocycles. The number of anilines is 3. The van der Waals surface area contributed by atoms with E-state index in [4.69, 9.17) is 19.7 Å². The lowest BCUT2D eigenvalue weighted by molar-refractivity contribution is 0.122. The molecule has 9 nitrogen and oxygen atoms in total. The summed E-state index contributed by atoms with van der Waals surface area (Å²) in [5, 5.41) is 19.4. The van der Waals surface area contributed by atoms with Gasteiger partial charge in [0.05, 0.1) is 38.5 Å². The predicted molar refractivity (Wildman–Crippen MR) is 97.8 cm³/mol. The number of ether oxygens (including phenoxy) is 1. The van der Waals surface area contributed by atoms with E-state index in [2.05, 4.69) is 14.7 Å². The smallest absolute Gasteiger partial charge is 0.232 e. The van der Waals surface area contributed by atoms with Crippen LogP contribution in [0.2, 0.25) is 0 Å². The molecule has 4 rings (SSSR count). The summed E-state index contributed by atoms with van der Waals surface area (Å²) in [6.45, 7) is 4.77. The summed E-state index contributed by atoms with van der Waals surface area (Å²) < 4.78 is 5.45. The maximum absolute atomic E-state index is 9.69. The van der Waals surface area contributed by atoms with Gasteiger partial charge in [-0.1, -0.05) is 0 Å². The maximum Gasteiger partial charge on any atom is 0.232 e. The molecule has 3 aliphatic rings. The molecule has 2 N–H and O–H groups in total. The summed E-state index contributed by atoms with van der Waals surface area (Å²) >= 11 is 0. The lowest BCUT2D eigenvalue weighted by atomic mass is 10.2. The van der Waals surface area contributed by atoms with Gasteiger partial charge in [-0.3, -0.25) is 0 Å². The Bertz CT molecular complexity index is 572. The molecule has 0 spiro atoms. The van der Waals surface area contributed by atoms with E-state index in [0.29, 0.717) is 31.1 Å². The number of hydrogen-bond donors (Lipinski definition) is 2. The summed E-state index contributed by atoms with van der Waals surface area (Å²) in [5.41, 5.74) is 0. The van der Waals surface area contributed by atoms with Gasteiger partial charge in [0.1, 0.15) is 0 Å². The zero-order chi connectivity index (χ0) is 17.9. The highest BCUT2D eigenvalue weighted by Crippen LogP contribution is 2.29. The second-order valence-corrected chi connectivity index (χ2v) is 7.18. The third kappa shape index (κ3) is 3.43. The average molecular weight is 364 g/mol. The number of nitrogens with zero attached hydrogens (tertiary/aromatic N) is 6. The molecule has 0 amide bonds. The summed E-state index contributed by atoms with van der Waals surface area (Å²) in [6.07, 6.45) is 3.96. The molecule has 0 radical (unpaired) electrons. The molecule has 2 unspecified atom stereocenters. The van der Waals surface area contributed by atoms with E-state index in [1.165, 1.54) is 0 Å². The Morgan fingerprint density at radius 2 is 1.27 bits per heavy atom. The van der Waals surface area contributed by atoms with Crippen molar-refractivity contribution in [1.82, 2.24) is 15.0 Å². The van der Waals surface area contributed by atoms with E-state index >= 15 is 0 Å². The molecular formula is C17H28N6O3. The van der Waals surface area contributed by atoms with Crippen LogP contribution >= 0.6 is 0 Å². The normalized spacial score (nSPS) is 26.8. The minimum absolute atomic E-state index is 0.0648. The summed E-state index contributed by atoms with van der Waals surface area (Å²) in [4.78, 5) is 20.5. The minimum atomic E-state index is 0.0648. The Kier molecular flexibility index (Phi) is 5.37. The van der Waals surface area contributed by atoms with Gasteiger partial charge in [0.25, 0.3) is 0 Å². The topological polar surface area (TPSA) is 98.1 Å². The highest BCUT2D eigenvalue weighted by Gasteiger charge is 2.31. The number of aliphatic hydroxyl groups is 2. The van der Waals surface area contributed by atoms with E-state index in [0.717, 1.165) is 51.9 Å². The van der Waals surface area contributed by atoms with Crippen molar-refractivity contribution in [2.45, 2.75) is 37.8 Å². The van der Waals surface area contributed by atoms with E-state index in [1.54, 1.807) is 0 Å². The zero-order valence-corrected chi connectivity index (χ0v) is 15.1. The van der Waals surface area contributed by atoms with Crippen LogP contribution in [0.25, 0.3) is 0 Å². The van der Waals surface area contributed by atoms with Crippen molar-refractivity contribution in [2.24, 2.45) is 0 Å². The first-order valence-electron chi connectivity index (χ1n) is 9.64. The number of aromatic nitrogens is 3. The van der Waals surface area contributed by atoms with E-state index in [-0.39, 0.29) is 25.3 Å². The van der Waals surface area contributed by atoms with E-state index < -0.39 is 0 Å². The monoisotopic (exact) mass is 364 g/mol. The highest BCUT2D eigenvalue weighted by atomic mass is 16.5. The predicted octanol–water partition coefficient (Wildman–Crippen LogP) is -0.370. The maximum atomic E-state index is 9.69. The molecule has 0 aliphatic carbocycles. The largest absolute Gasteiger partial charge is 0.394 e. The Labute approximate surface area is 153 Å². The Hall–Kier alpha value is -1.71. The molecule has 1 aromatic heterocycles. The van der Waals surface area contributed by atoms with Crippen LogP contribution < -0.4 is 14.7 Å². The van der Waals surface area contributed by atoms with Gasteiger partial charge < -0.3 is 29.6 Å². The fraction of sp³-hybridized carbons (Fsp3) is 0.824. The van der Waals surface area contributed by atoms with Crippen LogP contribution in [-0.4, -0.2) is 89.9 Å². The molecule has 2 atom stereocenters. The second-order valence-electron chi connectivity index (χ2n) is 7.18. The van der Waals surface area contributed by atoms with Crippen LogP contribution in [0, 0.1) is 0 Å². The van der Waals surface area contributed by atoms with Gasteiger partial charge in [0.2, 0.25) is 17.8 Å². The highest BCUT2D eigenvalue weighted by molar-refractivity contribution is 5.49. The lowest BCUT2D eigenvalue weighted by Gasteiger charge is -2.31. The molecule has 9 heteroatoms. The van der Waals surface area contributed by atoms with Crippen LogP contribution in [0.4, 0.5) is 17.8 Å². The molecule has 4 heterocycles. The molecule has 26 heavy (non-hydrogen) atoms. The summed E-state index contributed by atoms with van der Waals surface area (Å²) in [5.74, 6) is 1.94. The van der Waals surface area contributed by atoms with Crippen molar-refractivity contribution in [3.8, 4) is 0 Å². The number of morpholine rings is 1. The fourth-order valence-electron chi connectivity index (χ4n) is 4.08. The number of hydrogen-bond acceptors (Lipinski definition) is 9. The molecule has 3 aliphatic heterocycles. The Morgan fingerprint density at radius 1 is 0.769 bits per heavy atom. The Balaban J connectivity index is 1.69. The van der Waals surface area contributed by atoms with Crippen molar-refractivity contribution in [3.05, 3.63) is 0 Å². The van der Waals surface area contributed by atoms with Gasteiger partial charge in [0, 0.05) is 26.2 Å². The molecule has 3 saturated heterocycles. The average Bonchev–Trinajstić information content (AvgIpc) is 3.37. The van der Waals surface area contributed by atoms with Crippen LogP contribution in [-0.2, 0) is 4.74 Å². The van der Waals surface area contributed by atoms with Crippen molar-refractivity contribution < 1.29 is 14.9 Å². The van der Waals surface area contributed by atoms with Crippen molar-refractivity contribution >= 4 is 17.8 Å². The fourth-order valence-corrected chi connectivity index (χ4v) is 4.08. The van der Waals surface area contributed by atoms with Crippen LogP contribution in [0.1, 0.15) is 25.7 Å². The molecule has 0 saturated carbocycles. The molecule has 1 aromatic rings. The molecule has 0 bridgehead atoms. The first kappa shape index (κ1) is 17.7. The van der Waals surface area contributed by atoms with Gasteiger partial charge in [-0.2, -0.15) is 15.0 Å². The van der Waals surface area contributed by atoms with Gasteiger partial charge in [-0.05, 0) is 25.7 Å². The second kappa shape index (κ2) is 7.89. The number of rotatable bonds is 5. The Morgan fingerprint density at radius 3 is 1.77 bits per heavy atom. The first-order valence-corrected chi connectivity index (χ1v) is 9.64. The van der Waals surface area contributed by atoms with Crippen molar-refractivity contribution in [1.29, 1.82) is 0 Å². The van der Waals surface area contributed by atoms with Crippen molar-refractivity contribution in [3.63, 3.8) is 0 Å². The summed E-state index contributed by atoms with van der Waals surface area (Å²) in [7, 11) is 0. The van der Waals surface area contributed by atoms with E-state index in [9.17, 15) is 10.2 Å². The van der Waals surface area contributed by atoms with Crippen LogP contribution in [0.3, 0.4) is 0 Å². The third-order valence-electron chi connectivity index (χ3n) is 5.58. The van der Waals surface area contributed by atoms with Gasteiger partial charge in [0.15, 0.2) is 0 Å². The number of aliphatic hydroxyl groups excluding tert-OH is 2. The van der Waals surface area contributed by atoms with Crippen molar-refractivity contribution in [2.75, 3.05) is 67.3 Å². The molecular weight excluding hydrogens is 336 g/mol. The lowest BCUT2D eigenvalue weighted by Crippen LogP contribution is -2.40. The van der Waals surface area contributed by atoms with E-state index in [1.807, 2.05) is 0 Å². The molecule has 144 valence electrons. The third-order valence-corrected chi connectivity index (χ3v) is 5.58. The van der Waals surface area contributed by atoms with Gasteiger partial charge in [-0.15, -0.1) is 0 Å². The zero-order valence-electron chi connectivity index (χ0n) is 15.1. The molecule has 3 fully saturated rings. The quantitative estimate of drug-likeness (QED) is 0.725.